The predicted molar refractivity (Wildman–Crippen MR) is 105 cm³/mol. The summed E-state index contributed by atoms with van der Waals surface area (Å²) in [6, 6.07) is 8.51. The van der Waals surface area contributed by atoms with Crippen LogP contribution in [0.5, 0.6) is 0 Å². The average Bonchev–Trinajstić information content (AvgIpc) is 3.43. The molecule has 5 rings (SSSR count). The van der Waals surface area contributed by atoms with E-state index in [4.69, 9.17) is 4.74 Å². The number of aliphatic imine (C=N–C) groups is 1. The molecule has 6 nitrogen and oxygen atoms in total. The largest absolute Gasteiger partial charge is 0.365 e. The molecule has 2 aromatic rings. The smallest absolute Gasteiger partial charge is 0.286 e. The highest BCUT2D eigenvalue weighted by Gasteiger charge is 2.43. The van der Waals surface area contributed by atoms with Crippen molar-refractivity contribution in [3.63, 3.8) is 0 Å². The highest BCUT2D eigenvalue weighted by Crippen LogP contribution is 2.45. The fraction of sp³-hybridized carbons (Fsp3) is 0.350. The zero-order valence-corrected chi connectivity index (χ0v) is 15.9. The van der Waals surface area contributed by atoms with Crippen LogP contribution in [0.3, 0.4) is 0 Å². The molecule has 1 aromatic heterocycles. The Morgan fingerprint density at radius 3 is 2.89 bits per heavy atom. The molecule has 1 amide bonds. The first-order chi connectivity index (χ1) is 13.2. The number of aromatic amines is 1. The van der Waals surface area contributed by atoms with Crippen LogP contribution in [-0.4, -0.2) is 39.0 Å². The number of hydrogen-bond donors (Lipinski definition) is 1. The van der Waals surface area contributed by atoms with Gasteiger partial charge in [0, 0.05) is 13.1 Å². The van der Waals surface area contributed by atoms with Gasteiger partial charge >= 0.3 is 0 Å². The van der Waals surface area contributed by atoms with Crippen molar-refractivity contribution in [2.75, 3.05) is 13.1 Å². The highest BCUT2D eigenvalue weighted by molar-refractivity contribution is 8.18. The van der Waals surface area contributed by atoms with Crippen molar-refractivity contribution in [1.82, 2.24) is 14.9 Å². The molecule has 0 saturated carbocycles. The number of ether oxygens (including phenoxy) is 1. The minimum atomic E-state index is -0.175. The summed E-state index contributed by atoms with van der Waals surface area (Å²) < 4.78 is 6.23. The molecule has 1 N–H and O–H groups in total. The second kappa shape index (κ2) is 6.35. The maximum atomic E-state index is 12.4. The molecule has 0 bridgehead atoms. The van der Waals surface area contributed by atoms with Gasteiger partial charge in [0.2, 0.25) is 0 Å². The molecule has 4 heterocycles. The molecule has 3 aliphatic heterocycles. The number of hydrogen-bond acceptors (Lipinski definition) is 5. The lowest BCUT2D eigenvalue weighted by molar-refractivity contribution is -0.113. The van der Waals surface area contributed by atoms with Gasteiger partial charge in [0.15, 0.2) is 5.17 Å². The number of nitrogens with zero attached hydrogens (tertiary/aromatic N) is 3. The van der Waals surface area contributed by atoms with Crippen molar-refractivity contribution in [2.24, 2.45) is 4.99 Å². The van der Waals surface area contributed by atoms with Gasteiger partial charge in [-0.05, 0) is 48.2 Å². The van der Waals surface area contributed by atoms with E-state index in [1.54, 1.807) is 12.5 Å². The molecule has 0 aliphatic carbocycles. The molecule has 1 aromatic carbocycles. The van der Waals surface area contributed by atoms with Crippen LogP contribution in [-0.2, 0) is 21.7 Å². The standard InChI is InChI=1S/C20H20N4O2S/c1-13(16-10-21-12-22-16)17-18(25)23-19(27-17)24-8-6-20(7-9-24)15-5-3-2-4-14(15)11-26-20/h2-5,10,12H,6-9,11H2,1H3,(H,21,22)/b17-13-. The maximum absolute atomic E-state index is 12.4. The van der Waals surface area contributed by atoms with Crippen LogP contribution in [0.15, 0.2) is 46.7 Å². The maximum Gasteiger partial charge on any atom is 0.286 e. The molecule has 0 atom stereocenters. The molecule has 1 saturated heterocycles. The number of thioether (sulfide) groups is 1. The fourth-order valence-corrected chi connectivity index (χ4v) is 5.13. The summed E-state index contributed by atoms with van der Waals surface area (Å²) in [4.78, 5) is 26.7. The van der Waals surface area contributed by atoms with Crippen LogP contribution in [0.2, 0.25) is 0 Å². The number of carbonyl (C=O) groups excluding carboxylic acids is 1. The van der Waals surface area contributed by atoms with E-state index in [0.29, 0.717) is 11.5 Å². The van der Waals surface area contributed by atoms with Crippen molar-refractivity contribution in [3.05, 3.63) is 58.5 Å². The lowest BCUT2D eigenvalue weighted by Gasteiger charge is -2.39. The zero-order valence-electron chi connectivity index (χ0n) is 15.1. The number of aromatic nitrogens is 2. The van der Waals surface area contributed by atoms with Gasteiger partial charge in [-0.25, -0.2) is 4.98 Å². The van der Waals surface area contributed by atoms with Crippen LogP contribution in [0, 0.1) is 0 Å². The number of benzene rings is 1. The van der Waals surface area contributed by atoms with E-state index < -0.39 is 0 Å². The third-order valence-electron chi connectivity index (χ3n) is 5.68. The van der Waals surface area contributed by atoms with Gasteiger partial charge in [-0.2, -0.15) is 4.99 Å². The second-order valence-electron chi connectivity index (χ2n) is 7.15. The zero-order chi connectivity index (χ0) is 18.4. The lowest BCUT2D eigenvalue weighted by atomic mass is 9.84. The molecule has 1 spiro atoms. The van der Waals surface area contributed by atoms with Gasteiger partial charge in [0.05, 0.1) is 35.3 Å². The molecule has 138 valence electrons. The van der Waals surface area contributed by atoms with Crippen molar-refractivity contribution < 1.29 is 9.53 Å². The van der Waals surface area contributed by atoms with Crippen LogP contribution < -0.4 is 0 Å². The molecular formula is C20H20N4O2S. The van der Waals surface area contributed by atoms with Crippen LogP contribution >= 0.6 is 11.8 Å². The monoisotopic (exact) mass is 380 g/mol. The highest BCUT2D eigenvalue weighted by atomic mass is 32.2. The van der Waals surface area contributed by atoms with Crippen molar-refractivity contribution in [3.8, 4) is 0 Å². The van der Waals surface area contributed by atoms with Gasteiger partial charge < -0.3 is 14.6 Å². The van der Waals surface area contributed by atoms with Gasteiger partial charge in [0.25, 0.3) is 5.91 Å². The predicted octanol–water partition coefficient (Wildman–Crippen LogP) is 3.29. The van der Waals surface area contributed by atoms with Crippen LogP contribution in [0.1, 0.15) is 36.6 Å². The first-order valence-corrected chi connectivity index (χ1v) is 9.96. The Balaban J connectivity index is 1.32. The number of nitrogens with one attached hydrogen (secondary N) is 1. The van der Waals surface area contributed by atoms with Crippen molar-refractivity contribution in [1.29, 1.82) is 0 Å². The van der Waals surface area contributed by atoms with E-state index in [2.05, 4.69) is 44.1 Å². The van der Waals surface area contributed by atoms with E-state index in [1.807, 2.05) is 6.92 Å². The normalized spacial score (nSPS) is 22.9. The SMILES string of the molecule is C/C(=C1/SC(N2CCC3(CC2)OCc2ccccc23)=NC1=O)c1cnc[nH]1. The summed E-state index contributed by atoms with van der Waals surface area (Å²) in [6.07, 6.45) is 5.18. The van der Waals surface area contributed by atoms with Gasteiger partial charge in [0.1, 0.15) is 0 Å². The van der Waals surface area contributed by atoms with E-state index in [-0.39, 0.29) is 11.5 Å². The summed E-state index contributed by atoms with van der Waals surface area (Å²) in [5.41, 5.74) is 4.20. The Hall–Kier alpha value is -2.38. The third-order valence-corrected chi connectivity index (χ3v) is 6.90. The average molecular weight is 380 g/mol. The number of likely N-dealkylation sites (tertiary alicyclic amines) is 1. The second-order valence-corrected chi connectivity index (χ2v) is 8.13. The molecule has 3 aliphatic rings. The Kier molecular flexibility index (Phi) is 3.94. The molecule has 1 fully saturated rings. The van der Waals surface area contributed by atoms with Crippen molar-refractivity contribution >= 4 is 28.4 Å². The molecule has 0 unspecified atom stereocenters. The van der Waals surface area contributed by atoms with E-state index in [1.165, 1.54) is 22.9 Å². The number of rotatable bonds is 1. The third kappa shape index (κ3) is 2.73. The summed E-state index contributed by atoms with van der Waals surface area (Å²) in [5, 5.41) is 0.801. The first-order valence-electron chi connectivity index (χ1n) is 9.14. The van der Waals surface area contributed by atoms with E-state index in [0.717, 1.165) is 42.4 Å². The molecule has 7 heteroatoms. The summed E-state index contributed by atoms with van der Waals surface area (Å²) in [5.74, 6) is -0.162. The Morgan fingerprint density at radius 1 is 1.30 bits per heavy atom. The minimum Gasteiger partial charge on any atom is -0.365 e. The number of amidine groups is 1. The number of piperidine rings is 1. The first kappa shape index (κ1) is 16.8. The summed E-state index contributed by atoms with van der Waals surface area (Å²) in [7, 11) is 0. The molecular weight excluding hydrogens is 360 g/mol. The number of amides is 1. The van der Waals surface area contributed by atoms with Crippen LogP contribution in [0.25, 0.3) is 5.57 Å². The number of fused-ring (bicyclic) bond motifs is 2. The molecule has 27 heavy (non-hydrogen) atoms. The topological polar surface area (TPSA) is 70.6 Å². The Labute approximate surface area is 161 Å². The summed E-state index contributed by atoms with van der Waals surface area (Å²) >= 11 is 1.47. The summed E-state index contributed by atoms with van der Waals surface area (Å²) in [6.45, 7) is 4.30. The van der Waals surface area contributed by atoms with Crippen LogP contribution in [0.4, 0.5) is 0 Å². The Bertz CT molecular complexity index is 956. The van der Waals surface area contributed by atoms with Gasteiger partial charge in [-0.3, -0.25) is 4.79 Å². The Morgan fingerprint density at radius 2 is 2.11 bits per heavy atom. The quantitative estimate of drug-likeness (QED) is 0.769. The number of imidazole rings is 1. The van der Waals surface area contributed by atoms with E-state index in [9.17, 15) is 4.79 Å². The minimum absolute atomic E-state index is 0.162. The fourth-order valence-electron chi connectivity index (χ4n) is 4.11. The van der Waals surface area contributed by atoms with Crippen molar-refractivity contribution in [2.45, 2.75) is 32.0 Å². The van der Waals surface area contributed by atoms with Gasteiger partial charge in [-0.15, -0.1) is 0 Å². The number of carbonyl (C=O) groups is 1. The number of H-pyrrole nitrogens is 1. The lowest BCUT2D eigenvalue weighted by Crippen LogP contribution is -2.44. The number of allylic oxidation sites excluding steroid dienone is 1. The van der Waals surface area contributed by atoms with Gasteiger partial charge in [-0.1, -0.05) is 24.3 Å². The molecule has 0 radical (unpaired) electrons. The van der Waals surface area contributed by atoms with E-state index >= 15 is 0 Å².